The monoisotopic (exact) mass is 237 g/mol. The zero-order valence-electron chi connectivity index (χ0n) is 10.1. The van der Waals surface area contributed by atoms with Crippen LogP contribution in [0.5, 0.6) is 5.75 Å². The summed E-state index contributed by atoms with van der Waals surface area (Å²) in [7, 11) is 0. The molecule has 0 aliphatic carbocycles. The normalized spacial score (nSPS) is 10.2. The first kappa shape index (κ1) is 13.7. The predicted molar refractivity (Wildman–Crippen MR) is 66.4 cm³/mol. The summed E-state index contributed by atoms with van der Waals surface area (Å²) in [6.07, 6.45) is 0.966. The van der Waals surface area contributed by atoms with Crippen molar-refractivity contribution in [2.45, 2.75) is 13.3 Å². The van der Waals surface area contributed by atoms with Crippen LogP contribution in [0.4, 0.5) is 0 Å². The Hall–Kier alpha value is -1.39. The van der Waals surface area contributed by atoms with Gasteiger partial charge in [-0.25, -0.2) is 0 Å². The summed E-state index contributed by atoms with van der Waals surface area (Å²) in [5.41, 5.74) is 5.90. The molecule has 1 aromatic rings. The zero-order chi connectivity index (χ0) is 12.5. The highest BCUT2D eigenvalue weighted by Gasteiger charge is 2.05. The van der Waals surface area contributed by atoms with E-state index in [2.05, 4.69) is 0 Å². The first-order valence-electron chi connectivity index (χ1n) is 5.81. The van der Waals surface area contributed by atoms with Crippen LogP contribution in [0.25, 0.3) is 0 Å². The minimum absolute atomic E-state index is 0.0412. The summed E-state index contributed by atoms with van der Waals surface area (Å²) >= 11 is 0. The van der Waals surface area contributed by atoms with Crippen molar-refractivity contribution in [2.24, 2.45) is 5.73 Å². The van der Waals surface area contributed by atoms with Gasteiger partial charge in [0.15, 0.2) is 5.78 Å². The average Bonchev–Trinajstić information content (AvgIpc) is 2.37. The van der Waals surface area contributed by atoms with Gasteiger partial charge in [-0.05, 0) is 30.7 Å². The second-order valence-electron chi connectivity index (χ2n) is 3.64. The fraction of sp³-hybridized carbons (Fsp3) is 0.462. The molecule has 0 fully saturated rings. The van der Waals surface area contributed by atoms with E-state index in [0.29, 0.717) is 25.3 Å². The number of ether oxygens (including phenoxy) is 2. The Morgan fingerprint density at radius 2 is 1.94 bits per heavy atom. The van der Waals surface area contributed by atoms with Gasteiger partial charge in [-0.3, -0.25) is 4.79 Å². The molecule has 0 aliphatic heterocycles. The molecule has 94 valence electrons. The molecule has 17 heavy (non-hydrogen) atoms. The highest BCUT2D eigenvalue weighted by molar-refractivity contribution is 5.97. The SMILES string of the molecule is CCCOc1ccc(C(=O)COCCN)cc1. The van der Waals surface area contributed by atoms with Gasteiger partial charge in [0.05, 0.1) is 13.2 Å². The zero-order valence-corrected chi connectivity index (χ0v) is 10.1. The van der Waals surface area contributed by atoms with Crippen LogP contribution in [0.2, 0.25) is 0 Å². The second kappa shape index (κ2) is 7.81. The van der Waals surface area contributed by atoms with E-state index in [1.807, 2.05) is 6.92 Å². The molecule has 0 heterocycles. The first-order valence-corrected chi connectivity index (χ1v) is 5.81. The maximum absolute atomic E-state index is 11.6. The fourth-order valence-electron chi connectivity index (χ4n) is 1.29. The minimum Gasteiger partial charge on any atom is -0.494 e. The molecule has 4 nitrogen and oxygen atoms in total. The van der Waals surface area contributed by atoms with Crippen LogP contribution in [-0.2, 0) is 4.74 Å². The molecule has 4 heteroatoms. The Bertz CT molecular complexity index is 335. The smallest absolute Gasteiger partial charge is 0.188 e. The molecule has 2 N–H and O–H groups in total. The fourth-order valence-corrected chi connectivity index (χ4v) is 1.29. The molecule has 0 amide bonds. The maximum Gasteiger partial charge on any atom is 0.188 e. The van der Waals surface area contributed by atoms with Crippen molar-refractivity contribution in [3.8, 4) is 5.75 Å². The molecular formula is C13H19NO3. The van der Waals surface area contributed by atoms with E-state index < -0.39 is 0 Å². The van der Waals surface area contributed by atoms with Gasteiger partial charge in [0.1, 0.15) is 12.4 Å². The Morgan fingerprint density at radius 3 is 2.53 bits per heavy atom. The predicted octanol–water partition coefficient (Wildman–Crippen LogP) is 1.63. The van der Waals surface area contributed by atoms with Crippen LogP contribution >= 0.6 is 0 Å². The number of carbonyl (C=O) groups excluding carboxylic acids is 1. The number of Topliss-reactive ketones (excluding diaryl/α,β-unsaturated/α-hetero) is 1. The quantitative estimate of drug-likeness (QED) is 0.551. The lowest BCUT2D eigenvalue weighted by Gasteiger charge is -2.05. The van der Waals surface area contributed by atoms with Gasteiger partial charge >= 0.3 is 0 Å². The Labute approximate surface area is 102 Å². The van der Waals surface area contributed by atoms with Crippen LogP contribution < -0.4 is 10.5 Å². The molecular weight excluding hydrogens is 218 g/mol. The Balaban J connectivity index is 2.46. The highest BCUT2D eigenvalue weighted by Crippen LogP contribution is 2.12. The van der Waals surface area contributed by atoms with Crippen molar-refractivity contribution < 1.29 is 14.3 Å². The summed E-state index contributed by atoms with van der Waals surface area (Å²) in [6, 6.07) is 7.09. The van der Waals surface area contributed by atoms with E-state index in [1.165, 1.54) is 0 Å². The molecule has 0 saturated heterocycles. The molecule has 0 spiro atoms. The first-order chi connectivity index (χ1) is 8.27. The maximum atomic E-state index is 11.6. The van der Waals surface area contributed by atoms with Gasteiger partial charge in [-0.2, -0.15) is 0 Å². The van der Waals surface area contributed by atoms with Gasteiger partial charge in [0.2, 0.25) is 0 Å². The average molecular weight is 237 g/mol. The van der Waals surface area contributed by atoms with E-state index >= 15 is 0 Å². The lowest BCUT2D eigenvalue weighted by atomic mass is 10.1. The van der Waals surface area contributed by atoms with Crippen molar-refractivity contribution >= 4 is 5.78 Å². The number of nitrogens with two attached hydrogens (primary N) is 1. The van der Waals surface area contributed by atoms with E-state index in [1.54, 1.807) is 24.3 Å². The van der Waals surface area contributed by atoms with Crippen molar-refractivity contribution in [2.75, 3.05) is 26.4 Å². The third-order valence-electron chi connectivity index (χ3n) is 2.14. The van der Waals surface area contributed by atoms with Crippen LogP contribution in [0, 0.1) is 0 Å². The molecule has 0 atom stereocenters. The Kier molecular flexibility index (Phi) is 6.29. The number of benzene rings is 1. The number of hydrogen-bond acceptors (Lipinski definition) is 4. The molecule has 0 aliphatic rings. The molecule has 0 unspecified atom stereocenters. The molecule has 0 bridgehead atoms. The van der Waals surface area contributed by atoms with Crippen LogP contribution in [0.3, 0.4) is 0 Å². The number of ketones is 1. The molecule has 1 aromatic carbocycles. The highest BCUT2D eigenvalue weighted by atomic mass is 16.5. The standard InChI is InChI=1S/C13H19NO3/c1-2-8-17-12-5-3-11(4-6-12)13(15)10-16-9-7-14/h3-6H,2,7-10,14H2,1H3. The van der Waals surface area contributed by atoms with Crippen molar-refractivity contribution in [1.29, 1.82) is 0 Å². The number of rotatable bonds is 8. The van der Waals surface area contributed by atoms with E-state index in [4.69, 9.17) is 15.2 Å². The van der Waals surface area contributed by atoms with Crippen LogP contribution in [0.15, 0.2) is 24.3 Å². The minimum atomic E-state index is -0.0412. The van der Waals surface area contributed by atoms with Crippen molar-refractivity contribution in [3.05, 3.63) is 29.8 Å². The van der Waals surface area contributed by atoms with Gasteiger partial charge in [-0.15, -0.1) is 0 Å². The summed E-state index contributed by atoms with van der Waals surface area (Å²) in [4.78, 5) is 11.6. The Morgan fingerprint density at radius 1 is 1.24 bits per heavy atom. The van der Waals surface area contributed by atoms with E-state index in [-0.39, 0.29) is 12.4 Å². The second-order valence-corrected chi connectivity index (χ2v) is 3.64. The molecule has 0 radical (unpaired) electrons. The molecule has 0 aromatic heterocycles. The summed E-state index contributed by atoms with van der Waals surface area (Å²) in [5, 5.41) is 0. The van der Waals surface area contributed by atoms with Gasteiger partial charge in [-0.1, -0.05) is 6.92 Å². The largest absolute Gasteiger partial charge is 0.494 e. The summed E-state index contributed by atoms with van der Waals surface area (Å²) < 4.78 is 10.5. The van der Waals surface area contributed by atoms with Gasteiger partial charge in [0, 0.05) is 12.1 Å². The number of carbonyl (C=O) groups is 1. The number of hydrogen-bond donors (Lipinski definition) is 1. The van der Waals surface area contributed by atoms with E-state index in [0.717, 1.165) is 12.2 Å². The van der Waals surface area contributed by atoms with Crippen molar-refractivity contribution in [1.82, 2.24) is 0 Å². The topological polar surface area (TPSA) is 61.5 Å². The lowest BCUT2D eigenvalue weighted by molar-refractivity contribution is 0.0774. The van der Waals surface area contributed by atoms with E-state index in [9.17, 15) is 4.79 Å². The molecule has 1 rings (SSSR count). The summed E-state index contributed by atoms with van der Waals surface area (Å²) in [6.45, 7) is 3.65. The lowest BCUT2D eigenvalue weighted by Crippen LogP contribution is -2.14. The summed E-state index contributed by atoms with van der Waals surface area (Å²) in [5.74, 6) is 0.742. The molecule has 0 saturated carbocycles. The third-order valence-corrected chi connectivity index (χ3v) is 2.14. The van der Waals surface area contributed by atoms with Crippen molar-refractivity contribution in [3.63, 3.8) is 0 Å². The van der Waals surface area contributed by atoms with Crippen LogP contribution in [0.1, 0.15) is 23.7 Å². The van der Waals surface area contributed by atoms with Gasteiger partial charge < -0.3 is 15.2 Å². The third kappa shape index (κ3) is 4.97. The van der Waals surface area contributed by atoms with Gasteiger partial charge in [0.25, 0.3) is 0 Å². The van der Waals surface area contributed by atoms with Crippen LogP contribution in [-0.4, -0.2) is 32.1 Å².